The molecule has 0 fully saturated rings. The molecule has 0 aromatic heterocycles. The van der Waals surface area contributed by atoms with Crippen LogP contribution in [0, 0.1) is 0 Å². The summed E-state index contributed by atoms with van der Waals surface area (Å²) >= 11 is 0. The van der Waals surface area contributed by atoms with Crippen LogP contribution < -0.4 is 0 Å². The number of hydrogen-bond donors (Lipinski definition) is 1. The fraction of sp³-hybridized carbons (Fsp3) is 0.364. The smallest absolute Gasteiger partial charge is 0.416 e. The molecule has 106 valence electrons. The maximum absolute atomic E-state index is 12.3. The molecule has 1 aromatic rings. The van der Waals surface area contributed by atoms with Gasteiger partial charge in [-0.15, -0.1) is 0 Å². The van der Waals surface area contributed by atoms with Crippen molar-refractivity contribution >= 4 is 15.8 Å². The quantitative estimate of drug-likeness (QED) is 0.921. The lowest BCUT2D eigenvalue weighted by Crippen LogP contribution is -2.21. The van der Waals surface area contributed by atoms with Gasteiger partial charge in [-0.05, 0) is 17.7 Å². The second kappa shape index (κ2) is 5.20. The van der Waals surface area contributed by atoms with E-state index in [0.29, 0.717) is 0 Å². The van der Waals surface area contributed by atoms with Crippen LogP contribution in [-0.2, 0) is 20.8 Å². The lowest BCUT2D eigenvalue weighted by molar-refractivity contribution is -0.138. The van der Waals surface area contributed by atoms with E-state index in [0.717, 1.165) is 30.5 Å². The van der Waals surface area contributed by atoms with Gasteiger partial charge >= 0.3 is 12.1 Å². The van der Waals surface area contributed by atoms with E-state index in [1.54, 1.807) is 0 Å². The van der Waals surface area contributed by atoms with Crippen LogP contribution in [0.15, 0.2) is 24.3 Å². The van der Waals surface area contributed by atoms with Gasteiger partial charge in [0.1, 0.15) is 9.84 Å². The maximum atomic E-state index is 12.3. The van der Waals surface area contributed by atoms with Crippen molar-refractivity contribution < 1.29 is 31.5 Å². The van der Waals surface area contributed by atoms with Crippen molar-refractivity contribution in [2.75, 3.05) is 12.0 Å². The normalized spacial score (nSPS) is 14.1. The monoisotopic (exact) mass is 296 g/mol. The van der Waals surface area contributed by atoms with Crippen molar-refractivity contribution in [3.05, 3.63) is 35.4 Å². The van der Waals surface area contributed by atoms with Crippen LogP contribution in [0.2, 0.25) is 0 Å². The van der Waals surface area contributed by atoms with E-state index < -0.39 is 39.2 Å². The zero-order valence-electron chi connectivity index (χ0n) is 9.81. The highest BCUT2D eigenvalue weighted by Gasteiger charge is 2.31. The highest BCUT2D eigenvalue weighted by atomic mass is 32.2. The first-order chi connectivity index (χ1) is 8.50. The Morgan fingerprint density at radius 2 is 1.74 bits per heavy atom. The highest BCUT2D eigenvalue weighted by molar-refractivity contribution is 7.90. The molecule has 4 nitrogen and oxygen atoms in total. The maximum Gasteiger partial charge on any atom is 0.416 e. The van der Waals surface area contributed by atoms with Crippen LogP contribution in [-0.4, -0.2) is 31.5 Å². The number of alkyl halides is 3. The minimum absolute atomic E-state index is 0.0194. The van der Waals surface area contributed by atoms with Crippen LogP contribution in [0.1, 0.15) is 17.0 Å². The molecule has 0 heterocycles. The molecule has 0 amide bonds. The summed E-state index contributed by atoms with van der Waals surface area (Å²) in [4.78, 5) is 11.0. The molecule has 1 atom stereocenters. The number of aliphatic carboxylic acids is 1. The van der Waals surface area contributed by atoms with E-state index >= 15 is 0 Å². The van der Waals surface area contributed by atoms with Crippen molar-refractivity contribution in [2.45, 2.75) is 12.1 Å². The van der Waals surface area contributed by atoms with Gasteiger partial charge in [0.25, 0.3) is 0 Å². The number of halogens is 3. The van der Waals surface area contributed by atoms with E-state index in [1.165, 1.54) is 0 Å². The molecule has 1 rings (SSSR count). The largest absolute Gasteiger partial charge is 0.481 e. The molecule has 1 aromatic carbocycles. The zero-order chi connectivity index (χ0) is 14.8. The van der Waals surface area contributed by atoms with Gasteiger partial charge in [-0.3, -0.25) is 4.79 Å². The van der Waals surface area contributed by atoms with Crippen molar-refractivity contribution in [1.82, 2.24) is 0 Å². The second-order valence-corrected chi connectivity index (χ2v) is 6.29. The van der Waals surface area contributed by atoms with Gasteiger partial charge in [0.2, 0.25) is 0 Å². The molecule has 19 heavy (non-hydrogen) atoms. The third-order valence-electron chi connectivity index (χ3n) is 2.41. The molecule has 0 saturated carbocycles. The molecular formula is C11H11F3O4S. The zero-order valence-corrected chi connectivity index (χ0v) is 10.6. The predicted molar refractivity (Wildman–Crippen MR) is 61.5 cm³/mol. The lowest BCUT2D eigenvalue weighted by Gasteiger charge is -2.13. The number of sulfone groups is 1. The molecule has 1 N–H and O–H groups in total. The Kier molecular flexibility index (Phi) is 4.24. The fourth-order valence-corrected chi connectivity index (χ4v) is 2.46. The molecule has 0 bridgehead atoms. The molecule has 0 radical (unpaired) electrons. The average molecular weight is 296 g/mol. The molecule has 0 spiro atoms. The van der Waals surface area contributed by atoms with Crippen molar-refractivity contribution in [1.29, 1.82) is 0 Å². The number of hydrogen-bond acceptors (Lipinski definition) is 3. The van der Waals surface area contributed by atoms with Crippen LogP contribution >= 0.6 is 0 Å². The first-order valence-corrected chi connectivity index (χ1v) is 7.14. The minimum atomic E-state index is -4.52. The van der Waals surface area contributed by atoms with E-state index in [-0.39, 0.29) is 5.56 Å². The van der Waals surface area contributed by atoms with Crippen LogP contribution in [0.3, 0.4) is 0 Å². The highest BCUT2D eigenvalue weighted by Crippen LogP contribution is 2.30. The Morgan fingerprint density at radius 1 is 1.26 bits per heavy atom. The molecule has 0 aliphatic carbocycles. The Labute approximate surface area is 107 Å². The number of benzene rings is 1. The van der Waals surface area contributed by atoms with E-state index in [4.69, 9.17) is 5.11 Å². The number of carboxylic acids is 1. The second-order valence-electron chi connectivity index (χ2n) is 4.10. The topological polar surface area (TPSA) is 71.4 Å². The van der Waals surface area contributed by atoms with Gasteiger partial charge in [-0.25, -0.2) is 8.42 Å². The van der Waals surface area contributed by atoms with Gasteiger partial charge in [0, 0.05) is 6.26 Å². The van der Waals surface area contributed by atoms with E-state index in [1.807, 2.05) is 0 Å². The summed E-state index contributed by atoms with van der Waals surface area (Å²) < 4.78 is 59.2. The van der Waals surface area contributed by atoms with Crippen molar-refractivity contribution in [3.8, 4) is 0 Å². The summed E-state index contributed by atoms with van der Waals surface area (Å²) in [6, 6.07) is 3.42. The van der Waals surface area contributed by atoms with Crippen molar-refractivity contribution in [2.24, 2.45) is 0 Å². The summed E-state index contributed by atoms with van der Waals surface area (Å²) in [6.45, 7) is 0. The lowest BCUT2D eigenvalue weighted by atomic mass is 10.00. The summed E-state index contributed by atoms with van der Waals surface area (Å²) in [5, 5.41) is 8.93. The fourth-order valence-electron chi connectivity index (χ4n) is 1.52. The Balaban J connectivity index is 3.09. The molecule has 0 aliphatic rings. The first-order valence-electron chi connectivity index (χ1n) is 5.08. The van der Waals surface area contributed by atoms with E-state index in [2.05, 4.69) is 0 Å². The van der Waals surface area contributed by atoms with Crippen LogP contribution in [0.4, 0.5) is 13.2 Å². The molecular weight excluding hydrogens is 285 g/mol. The molecule has 8 heteroatoms. The Morgan fingerprint density at radius 3 is 2.05 bits per heavy atom. The number of carboxylic acid groups (broad SMARTS) is 1. The summed E-state index contributed by atoms with van der Waals surface area (Å²) in [5.74, 6) is -3.43. The standard InChI is InChI=1S/C11H11F3O4S/c1-19(17,18)6-9(10(15)16)7-2-4-8(5-3-7)11(12,13)14/h2-5,9H,6H2,1H3,(H,15,16). The van der Waals surface area contributed by atoms with Gasteiger partial charge in [-0.2, -0.15) is 13.2 Å². The third kappa shape index (κ3) is 4.55. The van der Waals surface area contributed by atoms with Crippen LogP contribution in [0.25, 0.3) is 0 Å². The van der Waals surface area contributed by atoms with Gasteiger partial charge in [-0.1, -0.05) is 12.1 Å². The summed E-state index contributed by atoms with van der Waals surface area (Å²) in [5.41, 5.74) is -0.898. The predicted octanol–water partition coefficient (Wildman–Crippen LogP) is 1.92. The Bertz CT molecular complexity index is 561. The summed E-state index contributed by atoms with van der Waals surface area (Å²) in [6.07, 6.45) is -3.65. The Hall–Kier alpha value is -1.57. The molecule has 0 saturated heterocycles. The SMILES string of the molecule is CS(=O)(=O)CC(C(=O)O)c1ccc(C(F)(F)F)cc1. The third-order valence-corrected chi connectivity index (χ3v) is 3.35. The average Bonchev–Trinajstić information content (AvgIpc) is 2.23. The molecule has 1 unspecified atom stereocenters. The first kappa shape index (κ1) is 15.5. The van der Waals surface area contributed by atoms with Crippen LogP contribution in [0.5, 0.6) is 0 Å². The van der Waals surface area contributed by atoms with Crippen molar-refractivity contribution in [3.63, 3.8) is 0 Å². The molecule has 0 aliphatic heterocycles. The number of carbonyl (C=O) groups is 1. The summed E-state index contributed by atoms with van der Waals surface area (Å²) in [7, 11) is -3.56. The van der Waals surface area contributed by atoms with Gasteiger partial charge in [0.05, 0.1) is 17.2 Å². The number of rotatable bonds is 4. The van der Waals surface area contributed by atoms with E-state index in [9.17, 15) is 26.4 Å². The van der Waals surface area contributed by atoms with Gasteiger partial charge < -0.3 is 5.11 Å². The van der Waals surface area contributed by atoms with Gasteiger partial charge in [0.15, 0.2) is 0 Å². The minimum Gasteiger partial charge on any atom is -0.481 e.